The lowest BCUT2D eigenvalue weighted by Crippen LogP contribution is -2.48. The molecule has 4 N–H and O–H groups in total. The number of ether oxygens (including phenoxy) is 1. The van der Waals surface area contributed by atoms with Crippen LogP contribution in [-0.4, -0.2) is 12.6 Å². The Labute approximate surface area is 382 Å². The van der Waals surface area contributed by atoms with Gasteiger partial charge in [-0.05, 0) is 113 Å². The van der Waals surface area contributed by atoms with E-state index in [2.05, 4.69) is 195 Å². The fourth-order valence-electron chi connectivity index (χ4n) is 9.11. The van der Waals surface area contributed by atoms with Crippen molar-refractivity contribution in [3.05, 3.63) is 268 Å². The van der Waals surface area contributed by atoms with Gasteiger partial charge in [-0.3, -0.25) is 0 Å². The zero-order valence-electron chi connectivity index (χ0n) is 37.7. The number of nitrogens with two attached hydrogens (primary N) is 2. The van der Waals surface area contributed by atoms with Crippen molar-refractivity contribution in [2.75, 3.05) is 6.54 Å². The molecule has 1 aliphatic heterocycles. The molecule has 322 valence electrons. The summed E-state index contributed by atoms with van der Waals surface area (Å²) in [6.45, 7) is 6.60. The number of para-hydroxylation sites is 2. The van der Waals surface area contributed by atoms with Gasteiger partial charge in [-0.25, -0.2) is 0 Å². The zero-order valence-corrected chi connectivity index (χ0v) is 37.7. The molecule has 1 atom stereocenters. The Morgan fingerprint density at radius 3 is 2.20 bits per heavy atom. The second-order valence-electron chi connectivity index (χ2n) is 16.0. The molecule has 0 amide bonds. The molecular weight excluding hydrogens is 777 g/mol. The monoisotopic (exact) mass is 838 g/mol. The third-order valence-corrected chi connectivity index (χ3v) is 12.1. The van der Waals surface area contributed by atoms with Crippen LogP contribution in [0.3, 0.4) is 0 Å². The van der Waals surface area contributed by atoms with Gasteiger partial charge in [0.2, 0.25) is 0 Å². The molecule has 64 heavy (non-hydrogen) atoms. The third-order valence-electron chi connectivity index (χ3n) is 12.1. The molecule has 0 saturated carbocycles. The molecule has 0 aromatic heterocycles. The molecule has 3 aliphatic rings. The number of benzene rings is 5. The molecule has 0 bridgehead atoms. The van der Waals surface area contributed by atoms with Crippen LogP contribution in [0.1, 0.15) is 90.1 Å². The highest BCUT2D eigenvalue weighted by Gasteiger charge is 2.48. The maximum Gasteiger partial charge on any atom is 0.131 e. The van der Waals surface area contributed by atoms with Gasteiger partial charge in [-0.2, -0.15) is 0 Å². The minimum absolute atomic E-state index is 0.409. The van der Waals surface area contributed by atoms with Crippen LogP contribution in [0.25, 0.3) is 17.2 Å². The van der Waals surface area contributed by atoms with Crippen LogP contribution in [0.15, 0.2) is 218 Å². The number of hydrogen-bond donors (Lipinski definition) is 2. The summed E-state index contributed by atoms with van der Waals surface area (Å²) >= 11 is 0. The summed E-state index contributed by atoms with van der Waals surface area (Å²) in [6, 6.07) is 41.3. The SMILES string of the molecule is CC.C\C=C/C=C(\C=C\c1ccc2c(c1)C1(c3ccccc3Oc3ccccc31)C(N)/C=C\C=C/CCc1ccccc1C2)c1cccc(C2=C(\C=C/C=C\C=C\CN)C=CCC2)c1. The lowest BCUT2D eigenvalue weighted by atomic mass is 9.61. The molecule has 3 heteroatoms. The van der Waals surface area contributed by atoms with E-state index in [0.29, 0.717) is 6.54 Å². The summed E-state index contributed by atoms with van der Waals surface area (Å²) in [6.07, 6.45) is 41.2. The predicted molar refractivity (Wildman–Crippen MR) is 274 cm³/mol. The van der Waals surface area contributed by atoms with E-state index in [0.717, 1.165) is 71.4 Å². The van der Waals surface area contributed by atoms with Crippen molar-refractivity contribution in [2.24, 2.45) is 11.5 Å². The molecule has 1 unspecified atom stereocenters. The highest BCUT2D eigenvalue weighted by Crippen LogP contribution is 2.54. The Hall–Kier alpha value is -6.78. The molecular formula is C61H62N2O. The zero-order chi connectivity index (χ0) is 44.6. The van der Waals surface area contributed by atoms with Crippen molar-refractivity contribution in [3.63, 3.8) is 0 Å². The average molecular weight is 839 g/mol. The van der Waals surface area contributed by atoms with Gasteiger partial charge in [0.25, 0.3) is 0 Å². The molecule has 3 nitrogen and oxygen atoms in total. The van der Waals surface area contributed by atoms with Gasteiger partial charge >= 0.3 is 0 Å². The molecule has 2 aliphatic carbocycles. The molecule has 0 saturated heterocycles. The van der Waals surface area contributed by atoms with E-state index in [4.69, 9.17) is 16.2 Å². The summed E-state index contributed by atoms with van der Waals surface area (Å²) in [7, 11) is 0. The van der Waals surface area contributed by atoms with E-state index in [1.165, 1.54) is 39.0 Å². The van der Waals surface area contributed by atoms with Crippen molar-refractivity contribution < 1.29 is 4.74 Å². The average Bonchev–Trinajstić information content (AvgIpc) is 3.35. The van der Waals surface area contributed by atoms with Crippen LogP contribution in [0.4, 0.5) is 0 Å². The standard InChI is InChI=1S/C59H56N2O.C2H6/c1-2-3-22-46(49-28-21-29-50(42-49)52-30-15-14-26-47(52)25-10-5-4-8-20-40-60)38-36-44-37-39-51-43-48-27-13-12-24-45(48)23-9-6-7-11-35-58(61)59(55(51)41-44)53-31-16-18-33-56(53)62-57-34-19-17-32-54(57)59;1-2/h2-8,10-14,16-22,24-29,31-39,41-42,58H,9,15,23,30,40,43,60-61H2,1H3;1-2H3/b3-2-,5-4-,7-6-,20-8+,25-10-,35-11-,38-36+,46-22+;. The van der Waals surface area contributed by atoms with E-state index in [9.17, 15) is 0 Å². The third kappa shape index (κ3) is 10.2. The first-order valence-electron chi connectivity index (χ1n) is 23.0. The smallest absolute Gasteiger partial charge is 0.131 e. The van der Waals surface area contributed by atoms with Crippen LogP contribution < -0.4 is 16.2 Å². The number of fused-ring (bicyclic) bond motifs is 7. The van der Waals surface area contributed by atoms with Gasteiger partial charge in [-0.15, -0.1) is 0 Å². The van der Waals surface area contributed by atoms with E-state index < -0.39 is 11.5 Å². The topological polar surface area (TPSA) is 61.3 Å². The van der Waals surface area contributed by atoms with Crippen molar-refractivity contribution in [3.8, 4) is 11.5 Å². The normalized spacial score (nSPS) is 18.1. The molecule has 1 heterocycles. The Morgan fingerprint density at radius 1 is 0.688 bits per heavy atom. The number of rotatable bonds is 9. The van der Waals surface area contributed by atoms with E-state index >= 15 is 0 Å². The molecule has 5 aromatic rings. The first-order chi connectivity index (χ1) is 31.6. The van der Waals surface area contributed by atoms with E-state index in [1.54, 1.807) is 0 Å². The number of aryl methyl sites for hydroxylation is 1. The Bertz CT molecular complexity index is 2660. The first-order valence-corrected chi connectivity index (χ1v) is 23.0. The van der Waals surface area contributed by atoms with E-state index in [-0.39, 0.29) is 0 Å². The van der Waals surface area contributed by atoms with Gasteiger partial charge in [0, 0.05) is 23.7 Å². The molecule has 1 spiro atoms. The summed E-state index contributed by atoms with van der Waals surface area (Å²) < 4.78 is 6.67. The summed E-state index contributed by atoms with van der Waals surface area (Å²) in [5.74, 6) is 1.66. The van der Waals surface area contributed by atoms with Crippen LogP contribution in [0, 0.1) is 0 Å². The maximum atomic E-state index is 7.61. The minimum atomic E-state index is -0.749. The fourth-order valence-corrected chi connectivity index (χ4v) is 9.11. The highest BCUT2D eigenvalue weighted by atomic mass is 16.5. The van der Waals surface area contributed by atoms with Crippen LogP contribution in [0.2, 0.25) is 0 Å². The van der Waals surface area contributed by atoms with Gasteiger partial charge in [-0.1, -0.05) is 214 Å². The van der Waals surface area contributed by atoms with Gasteiger partial charge in [0.1, 0.15) is 11.5 Å². The van der Waals surface area contributed by atoms with Crippen molar-refractivity contribution in [1.82, 2.24) is 0 Å². The van der Waals surface area contributed by atoms with Crippen molar-refractivity contribution in [2.45, 2.75) is 64.3 Å². The Morgan fingerprint density at radius 2 is 1.42 bits per heavy atom. The second-order valence-corrected chi connectivity index (χ2v) is 16.0. The molecule has 0 fully saturated rings. The number of hydrogen-bond acceptors (Lipinski definition) is 3. The summed E-state index contributed by atoms with van der Waals surface area (Å²) in [5.41, 5.74) is 27.0. The predicted octanol–water partition coefficient (Wildman–Crippen LogP) is 14.5. The minimum Gasteiger partial charge on any atom is -0.457 e. The second kappa shape index (κ2) is 22.5. The Kier molecular flexibility index (Phi) is 15.9. The van der Waals surface area contributed by atoms with Crippen molar-refractivity contribution in [1.29, 1.82) is 0 Å². The molecule has 0 radical (unpaired) electrons. The lowest BCUT2D eigenvalue weighted by molar-refractivity contribution is 0.401. The van der Waals surface area contributed by atoms with Gasteiger partial charge in [0.15, 0.2) is 0 Å². The van der Waals surface area contributed by atoms with Gasteiger partial charge < -0.3 is 16.2 Å². The van der Waals surface area contributed by atoms with Gasteiger partial charge in [0.05, 0.1) is 5.41 Å². The quantitative estimate of drug-likeness (QED) is 0.145. The maximum absolute atomic E-state index is 7.61. The summed E-state index contributed by atoms with van der Waals surface area (Å²) in [5, 5.41) is 0. The van der Waals surface area contributed by atoms with Crippen molar-refractivity contribution >= 4 is 17.2 Å². The van der Waals surface area contributed by atoms with Crippen LogP contribution in [0.5, 0.6) is 11.5 Å². The first kappa shape index (κ1) is 45.3. The van der Waals surface area contributed by atoms with Crippen LogP contribution in [-0.2, 0) is 18.3 Å². The molecule has 8 rings (SSSR count). The van der Waals surface area contributed by atoms with E-state index in [1.807, 2.05) is 44.2 Å². The lowest BCUT2D eigenvalue weighted by Gasteiger charge is -2.45. The fraction of sp³-hybridized carbons (Fsp3) is 0.180. The summed E-state index contributed by atoms with van der Waals surface area (Å²) in [4.78, 5) is 0. The highest BCUT2D eigenvalue weighted by molar-refractivity contribution is 5.83. The molecule has 5 aromatic carbocycles. The number of allylic oxidation sites excluding steroid dienone is 17. The Balaban J connectivity index is 0.00000302. The largest absolute Gasteiger partial charge is 0.457 e. The van der Waals surface area contributed by atoms with Crippen LogP contribution >= 0.6 is 0 Å².